The molecule has 3 heteroatoms. The van der Waals surface area contributed by atoms with E-state index in [9.17, 15) is 0 Å². The Morgan fingerprint density at radius 3 is 2.33 bits per heavy atom. The van der Waals surface area contributed by atoms with E-state index >= 15 is 0 Å². The van der Waals surface area contributed by atoms with Crippen molar-refractivity contribution in [3.05, 3.63) is 34.9 Å². The van der Waals surface area contributed by atoms with Crippen molar-refractivity contribution in [3.63, 3.8) is 0 Å². The van der Waals surface area contributed by atoms with Gasteiger partial charge >= 0.3 is 0 Å². The summed E-state index contributed by atoms with van der Waals surface area (Å²) in [7, 11) is 0. The average molecular weight is 265 g/mol. The van der Waals surface area contributed by atoms with Crippen molar-refractivity contribution in [1.82, 2.24) is 10.2 Å². The lowest BCUT2D eigenvalue weighted by molar-refractivity contribution is 0.189. The fraction of sp³-hybridized carbons (Fsp3) is 0.600. The van der Waals surface area contributed by atoms with Gasteiger partial charge in [0.25, 0.3) is 0 Å². The van der Waals surface area contributed by atoms with E-state index in [1.54, 1.807) is 0 Å². The summed E-state index contributed by atoms with van der Waals surface area (Å²) < 4.78 is 0. The van der Waals surface area contributed by atoms with Crippen LogP contribution in [-0.2, 0) is 6.54 Å². The predicted octanol–water partition coefficient (Wildman–Crippen LogP) is 3.06. The van der Waals surface area contributed by atoms with Gasteiger partial charge in [-0.25, -0.2) is 0 Å². The quantitative estimate of drug-likeness (QED) is 0.899. The standard InChI is InChI=1S/C15H21ClN2/c16-13-3-1-12(2-4-13)11-17-14-7-9-18(10-8-14)15-5-6-15/h1-4,14-15,17H,5-11H2. The normalized spacial score (nSPS) is 22.3. The summed E-state index contributed by atoms with van der Waals surface area (Å²) in [5.41, 5.74) is 1.32. The molecule has 0 bridgehead atoms. The molecule has 0 unspecified atom stereocenters. The lowest BCUT2D eigenvalue weighted by Gasteiger charge is -2.32. The average Bonchev–Trinajstić information content (AvgIpc) is 3.23. The summed E-state index contributed by atoms with van der Waals surface area (Å²) in [4.78, 5) is 2.67. The molecule has 1 heterocycles. The van der Waals surface area contributed by atoms with Gasteiger partial charge in [-0.3, -0.25) is 0 Å². The van der Waals surface area contributed by atoms with E-state index in [1.165, 1.54) is 44.3 Å². The highest BCUT2D eigenvalue weighted by molar-refractivity contribution is 6.30. The van der Waals surface area contributed by atoms with Gasteiger partial charge in [-0.1, -0.05) is 23.7 Å². The highest BCUT2D eigenvalue weighted by Gasteiger charge is 2.31. The van der Waals surface area contributed by atoms with Crippen LogP contribution in [0.5, 0.6) is 0 Å². The number of halogens is 1. The minimum Gasteiger partial charge on any atom is -0.310 e. The zero-order valence-corrected chi connectivity index (χ0v) is 11.5. The van der Waals surface area contributed by atoms with Gasteiger partial charge in [-0.15, -0.1) is 0 Å². The highest BCUT2D eigenvalue weighted by atomic mass is 35.5. The van der Waals surface area contributed by atoms with Crippen molar-refractivity contribution in [2.75, 3.05) is 13.1 Å². The van der Waals surface area contributed by atoms with Crippen LogP contribution in [0.1, 0.15) is 31.2 Å². The van der Waals surface area contributed by atoms with Crippen molar-refractivity contribution in [2.45, 2.75) is 44.3 Å². The third kappa shape index (κ3) is 3.25. The molecule has 1 aromatic rings. The molecule has 0 amide bonds. The Balaban J connectivity index is 1.42. The summed E-state index contributed by atoms with van der Waals surface area (Å²) in [6.07, 6.45) is 5.46. The Labute approximate surface area is 114 Å². The van der Waals surface area contributed by atoms with E-state index in [-0.39, 0.29) is 0 Å². The fourth-order valence-corrected chi connectivity index (χ4v) is 2.90. The second-order valence-electron chi connectivity index (χ2n) is 5.55. The number of hydrogen-bond donors (Lipinski definition) is 1. The molecule has 0 spiro atoms. The van der Waals surface area contributed by atoms with Crippen LogP contribution in [0, 0.1) is 0 Å². The molecule has 1 aromatic carbocycles. The fourth-order valence-electron chi connectivity index (χ4n) is 2.77. The highest BCUT2D eigenvalue weighted by Crippen LogP contribution is 2.29. The largest absolute Gasteiger partial charge is 0.310 e. The number of nitrogens with zero attached hydrogens (tertiary/aromatic N) is 1. The lowest BCUT2D eigenvalue weighted by Crippen LogP contribution is -2.43. The van der Waals surface area contributed by atoms with E-state index in [1.807, 2.05) is 12.1 Å². The molecule has 1 saturated heterocycles. The molecule has 0 aromatic heterocycles. The van der Waals surface area contributed by atoms with Crippen molar-refractivity contribution < 1.29 is 0 Å². The van der Waals surface area contributed by atoms with Gasteiger partial charge in [0, 0.05) is 23.7 Å². The molecule has 0 radical (unpaired) electrons. The van der Waals surface area contributed by atoms with Crippen molar-refractivity contribution in [1.29, 1.82) is 0 Å². The van der Waals surface area contributed by atoms with E-state index in [0.717, 1.165) is 17.6 Å². The van der Waals surface area contributed by atoms with Gasteiger partial charge in [0.15, 0.2) is 0 Å². The smallest absolute Gasteiger partial charge is 0.0406 e. The van der Waals surface area contributed by atoms with Crippen LogP contribution >= 0.6 is 11.6 Å². The predicted molar refractivity (Wildman–Crippen MR) is 75.9 cm³/mol. The SMILES string of the molecule is Clc1ccc(CNC2CCN(C3CC3)CC2)cc1. The second-order valence-corrected chi connectivity index (χ2v) is 5.99. The summed E-state index contributed by atoms with van der Waals surface area (Å²) in [5.74, 6) is 0. The number of likely N-dealkylation sites (tertiary alicyclic amines) is 1. The van der Waals surface area contributed by atoms with E-state index in [0.29, 0.717) is 6.04 Å². The third-order valence-electron chi connectivity index (χ3n) is 4.10. The van der Waals surface area contributed by atoms with Gasteiger partial charge in [0.2, 0.25) is 0 Å². The van der Waals surface area contributed by atoms with Gasteiger partial charge in [0.1, 0.15) is 0 Å². The number of piperidine rings is 1. The monoisotopic (exact) mass is 264 g/mol. The van der Waals surface area contributed by atoms with Gasteiger partial charge in [0.05, 0.1) is 0 Å². The molecule has 1 aliphatic carbocycles. The van der Waals surface area contributed by atoms with Crippen LogP contribution in [-0.4, -0.2) is 30.1 Å². The first-order valence-corrected chi connectivity index (χ1v) is 7.41. The van der Waals surface area contributed by atoms with Crippen LogP contribution < -0.4 is 5.32 Å². The number of benzene rings is 1. The molecule has 2 aliphatic rings. The van der Waals surface area contributed by atoms with Crippen molar-refractivity contribution in [3.8, 4) is 0 Å². The van der Waals surface area contributed by atoms with Crippen LogP contribution in [0.3, 0.4) is 0 Å². The summed E-state index contributed by atoms with van der Waals surface area (Å²) in [5, 5.41) is 4.48. The van der Waals surface area contributed by atoms with E-state index in [4.69, 9.17) is 11.6 Å². The Hall–Kier alpha value is -0.570. The molecule has 18 heavy (non-hydrogen) atoms. The zero-order valence-electron chi connectivity index (χ0n) is 10.7. The van der Waals surface area contributed by atoms with Crippen molar-refractivity contribution >= 4 is 11.6 Å². The molecule has 1 saturated carbocycles. The van der Waals surface area contributed by atoms with Crippen molar-refractivity contribution in [2.24, 2.45) is 0 Å². The molecule has 98 valence electrons. The maximum absolute atomic E-state index is 5.89. The first-order valence-electron chi connectivity index (χ1n) is 7.03. The number of hydrogen-bond acceptors (Lipinski definition) is 2. The topological polar surface area (TPSA) is 15.3 Å². The third-order valence-corrected chi connectivity index (χ3v) is 4.35. The molecule has 1 aliphatic heterocycles. The maximum Gasteiger partial charge on any atom is 0.0406 e. The molecule has 2 fully saturated rings. The maximum atomic E-state index is 5.89. The van der Waals surface area contributed by atoms with E-state index in [2.05, 4.69) is 22.3 Å². The van der Waals surface area contributed by atoms with Crippen LogP contribution in [0.15, 0.2) is 24.3 Å². The Kier molecular flexibility index (Phi) is 3.88. The molecular weight excluding hydrogens is 244 g/mol. The summed E-state index contributed by atoms with van der Waals surface area (Å²) >= 11 is 5.89. The van der Waals surface area contributed by atoms with Gasteiger partial charge in [-0.2, -0.15) is 0 Å². The second kappa shape index (κ2) is 5.60. The van der Waals surface area contributed by atoms with Gasteiger partial charge < -0.3 is 10.2 Å². The number of nitrogens with one attached hydrogen (secondary N) is 1. The van der Waals surface area contributed by atoms with E-state index < -0.39 is 0 Å². The zero-order chi connectivity index (χ0) is 12.4. The summed E-state index contributed by atoms with van der Waals surface area (Å²) in [6, 6.07) is 9.77. The van der Waals surface area contributed by atoms with Crippen LogP contribution in [0.25, 0.3) is 0 Å². The Bertz CT molecular complexity index is 378. The van der Waals surface area contributed by atoms with Gasteiger partial charge in [-0.05, 0) is 56.5 Å². The summed E-state index contributed by atoms with van der Waals surface area (Å²) in [6.45, 7) is 3.52. The minimum atomic E-state index is 0.690. The lowest BCUT2D eigenvalue weighted by atomic mass is 10.0. The molecule has 2 nitrogen and oxygen atoms in total. The Morgan fingerprint density at radius 2 is 1.72 bits per heavy atom. The van der Waals surface area contributed by atoms with Crippen LogP contribution in [0.2, 0.25) is 5.02 Å². The molecular formula is C15H21ClN2. The molecule has 3 rings (SSSR count). The minimum absolute atomic E-state index is 0.690. The number of rotatable bonds is 4. The first-order chi connectivity index (χ1) is 8.81. The molecule has 0 atom stereocenters. The van der Waals surface area contributed by atoms with Crippen LogP contribution in [0.4, 0.5) is 0 Å². The Morgan fingerprint density at radius 1 is 1.06 bits per heavy atom. The molecule has 1 N–H and O–H groups in total. The first kappa shape index (κ1) is 12.5.